The van der Waals surface area contributed by atoms with Crippen molar-refractivity contribution in [3.05, 3.63) is 23.7 Å². The third-order valence-corrected chi connectivity index (χ3v) is 6.58. The van der Waals surface area contributed by atoms with E-state index in [9.17, 15) is 8.42 Å². The number of ether oxygens (including phenoxy) is 1. The van der Waals surface area contributed by atoms with Crippen molar-refractivity contribution in [2.75, 3.05) is 25.4 Å². The van der Waals surface area contributed by atoms with Crippen LogP contribution in [-0.4, -0.2) is 50.3 Å². The van der Waals surface area contributed by atoms with Crippen LogP contribution in [0, 0.1) is 5.92 Å². The zero-order valence-electron chi connectivity index (χ0n) is 14.7. The molecule has 2 aliphatic rings. The molecule has 3 rings (SSSR count). The van der Waals surface area contributed by atoms with Gasteiger partial charge in [0.2, 0.25) is 10.0 Å². The molecule has 1 aliphatic carbocycles. The van der Waals surface area contributed by atoms with Crippen molar-refractivity contribution >= 4 is 10.0 Å². The average Bonchev–Trinajstić information content (AvgIpc) is 3.05. The molecule has 0 unspecified atom stereocenters. The molecule has 6 nitrogen and oxygen atoms in total. The molecule has 1 saturated carbocycles. The van der Waals surface area contributed by atoms with E-state index in [1.54, 1.807) is 4.31 Å². The topological polar surface area (TPSA) is 71.8 Å². The molecule has 136 valence electrons. The minimum atomic E-state index is -3.25. The summed E-state index contributed by atoms with van der Waals surface area (Å²) in [6.07, 6.45) is 1.10. The number of sulfonamides is 1. The zero-order chi connectivity index (χ0) is 17.3. The van der Waals surface area contributed by atoms with E-state index >= 15 is 0 Å². The lowest BCUT2D eigenvalue weighted by atomic mass is 10.3. The Labute approximate surface area is 144 Å². The number of morpholine rings is 1. The van der Waals surface area contributed by atoms with E-state index in [1.807, 2.05) is 26.0 Å². The van der Waals surface area contributed by atoms with E-state index in [2.05, 4.69) is 12.2 Å². The van der Waals surface area contributed by atoms with E-state index < -0.39 is 10.0 Å². The van der Waals surface area contributed by atoms with Crippen molar-refractivity contribution < 1.29 is 17.6 Å². The second-order valence-electron chi connectivity index (χ2n) is 7.19. The minimum Gasteiger partial charge on any atom is -0.464 e. The SMILES string of the molecule is C[C@@H]1CN(S(=O)(=O)CCNCc2ccc([C@@H]3C[C@@H]3C)o2)C[C@@H](C)O1. The number of hydrogen-bond acceptors (Lipinski definition) is 5. The molecule has 1 saturated heterocycles. The number of nitrogens with zero attached hydrogens (tertiary/aromatic N) is 1. The second-order valence-corrected chi connectivity index (χ2v) is 9.28. The summed E-state index contributed by atoms with van der Waals surface area (Å²) in [6.45, 7) is 7.90. The summed E-state index contributed by atoms with van der Waals surface area (Å²) < 4.78 is 37.8. The van der Waals surface area contributed by atoms with Gasteiger partial charge >= 0.3 is 0 Å². The molecule has 0 amide bonds. The van der Waals surface area contributed by atoms with Crippen LogP contribution in [0.2, 0.25) is 0 Å². The lowest BCUT2D eigenvalue weighted by Crippen LogP contribution is -2.49. The van der Waals surface area contributed by atoms with Crippen LogP contribution in [0.3, 0.4) is 0 Å². The lowest BCUT2D eigenvalue weighted by molar-refractivity contribution is -0.0440. The van der Waals surface area contributed by atoms with Gasteiger partial charge in [-0.25, -0.2) is 8.42 Å². The maximum absolute atomic E-state index is 12.4. The monoisotopic (exact) mass is 356 g/mol. The summed E-state index contributed by atoms with van der Waals surface area (Å²) in [5.41, 5.74) is 0. The molecule has 1 aromatic heterocycles. The van der Waals surface area contributed by atoms with Crippen LogP contribution in [0.15, 0.2) is 16.5 Å². The first-order valence-corrected chi connectivity index (χ1v) is 10.4. The Morgan fingerprint density at radius 2 is 1.88 bits per heavy atom. The predicted molar refractivity (Wildman–Crippen MR) is 92.3 cm³/mol. The molecule has 0 radical (unpaired) electrons. The quantitative estimate of drug-likeness (QED) is 0.756. The summed E-state index contributed by atoms with van der Waals surface area (Å²) in [5.74, 6) is 3.32. The lowest BCUT2D eigenvalue weighted by Gasteiger charge is -2.34. The zero-order valence-corrected chi connectivity index (χ0v) is 15.5. The van der Waals surface area contributed by atoms with Gasteiger partial charge in [0.1, 0.15) is 11.5 Å². The first-order valence-electron chi connectivity index (χ1n) is 8.78. The van der Waals surface area contributed by atoms with E-state index in [0.717, 1.165) is 17.4 Å². The van der Waals surface area contributed by atoms with Crippen LogP contribution in [0.5, 0.6) is 0 Å². The fraction of sp³-hybridized carbons (Fsp3) is 0.765. The van der Waals surface area contributed by atoms with E-state index in [0.29, 0.717) is 32.1 Å². The van der Waals surface area contributed by atoms with Crippen LogP contribution in [0.1, 0.15) is 44.6 Å². The standard InChI is InChI=1S/C17H28N2O4S/c1-12-8-16(12)17-5-4-15(23-17)9-18-6-7-24(20,21)19-10-13(2)22-14(3)11-19/h4-5,12-14,16,18H,6-11H2,1-3H3/t12-,13+,14+,16+/m0/s1. The molecule has 2 heterocycles. The van der Waals surface area contributed by atoms with Crippen LogP contribution < -0.4 is 5.32 Å². The Bertz CT molecular complexity index is 647. The van der Waals surface area contributed by atoms with Crippen LogP contribution in [0.4, 0.5) is 0 Å². The molecule has 2 fully saturated rings. The van der Waals surface area contributed by atoms with Crippen molar-refractivity contribution in [3.63, 3.8) is 0 Å². The first-order chi connectivity index (χ1) is 11.3. The average molecular weight is 356 g/mol. The largest absolute Gasteiger partial charge is 0.464 e. The molecular weight excluding hydrogens is 328 g/mol. The summed E-state index contributed by atoms with van der Waals surface area (Å²) >= 11 is 0. The van der Waals surface area contributed by atoms with Gasteiger partial charge in [-0.05, 0) is 38.3 Å². The van der Waals surface area contributed by atoms with Crippen LogP contribution >= 0.6 is 0 Å². The molecular formula is C17H28N2O4S. The molecule has 4 atom stereocenters. The van der Waals surface area contributed by atoms with Gasteiger partial charge in [-0.3, -0.25) is 0 Å². The number of nitrogens with one attached hydrogen (secondary N) is 1. The highest BCUT2D eigenvalue weighted by Crippen LogP contribution is 2.47. The smallest absolute Gasteiger partial charge is 0.215 e. The molecule has 1 N–H and O–H groups in total. The van der Waals surface area contributed by atoms with Gasteiger partial charge in [-0.15, -0.1) is 0 Å². The van der Waals surface area contributed by atoms with Gasteiger partial charge in [0.15, 0.2) is 0 Å². The van der Waals surface area contributed by atoms with Gasteiger partial charge in [-0.2, -0.15) is 4.31 Å². The minimum absolute atomic E-state index is 0.0529. The van der Waals surface area contributed by atoms with Crippen LogP contribution in [0.25, 0.3) is 0 Å². The molecule has 0 aromatic carbocycles. The molecule has 0 bridgehead atoms. The number of furan rings is 1. The molecule has 1 aromatic rings. The maximum atomic E-state index is 12.4. The summed E-state index contributed by atoms with van der Waals surface area (Å²) in [6, 6.07) is 4.02. The Morgan fingerprint density at radius 1 is 1.21 bits per heavy atom. The fourth-order valence-corrected chi connectivity index (χ4v) is 4.84. The van der Waals surface area contributed by atoms with Gasteiger partial charge in [-0.1, -0.05) is 6.92 Å². The maximum Gasteiger partial charge on any atom is 0.215 e. The first kappa shape index (κ1) is 17.9. The van der Waals surface area contributed by atoms with Crippen molar-refractivity contribution in [1.82, 2.24) is 9.62 Å². The Hall–Kier alpha value is -0.890. The molecule has 24 heavy (non-hydrogen) atoms. The van der Waals surface area contributed by atoms with Gasteiger partial charge in [0.25, 0.3) is 0 Å². The van der Waals surface area contributed by atoms with Gasteiger partial charge < -0.3 is 14.5 Å². The van der Waals surface area contributed by atoms with Gasteiger partial charge in [0.05, 0.1) is 24.5 Å². The van der Waals surface area contributed by atoms with Crippen LogP contribution in [-0.2, 0) is 21.3 Å². The third-order valence-electron chi connectivity index (χ3n) is 4.77. The highest BCUT2D eigenvalue weighted by atomic mass is 32.2. The summed E-state index contributed by atoms with van der Waals surface area (Å²) in [4.78, 5) is 0. The van der Waals surface area contributed by atoms with Crippen molar-refractivity contribution in [3.8, 4) is 0 Å². The normalized spacial score (nSPS) is 31.3. The Morgan fingerprint density at radius 3 is 2.50 bits per heavy atom. The predicted octanol–water partition coefficient (Wildman–Crippen LogP) is 1.93. The highest BCUT2D eigenvalue weighted by Gasteiger charge is 2.36. The third kappa shape index (κ3) is 4.39. The number of rotatable bonds is 7. The second kappa shape index (κ2) is 7.15. The van der Waals surface area contributed by atoms with E-state index in [-0.39, 0.29) is 18.0 Å². The van der Waals surface area contributed by atoms with E-state index in [1.165, 1.54) is 6.42 Å². The van der Waals surface area contributed by atoms with Crippen molar-refractivity contribution in [2.45, 2.75) is 51.9 Å². The fourth-order valence-electron chi connectivity index (χ4n) is 3.31. The molecule has 1 aliphatic heterocycles. The van der Waals surface area contributed by atoms with E-state index in [4.69, 9.17) is 9.15 Å². The summed E-state index contributed by atoms with van der Waals surface area (Å²) in [7, 11) is -3.25. The Balaban J connectivity index is 1.43. The van der Waals surface area contributed by atoms with Gasteiger partial charge in [0, 0.05) is 25.6 Å². The Kier molecular flexibility index (Phi) is 5.34. The number of hydrogen-bond donors (Lipinski definition) is 1. The molecule has 7 heteroatoms. The molecule has 0 spiro atoms. The summed E-state index contributed by atoms with van der Waals surface area (Å²) in [5, 5.41) is 3.17. The van der Waals surface area contributed by atoms with Crippen molar-refractivity contribution in [2.24, 2.45) is 5.92 Å². The van der Waals surface area contributed by atoms with Crippen molar-refractivity contribution in [1.29, 1.82) is 0 Å². The highest BCUT2D eigenvalue weighted by molar-refractivity contribution is 7.89.